The molecule has 1 unspecified atom stereocenters. The summed E-state index contributed by atoms with van der Waals surface area (Å²) < 4.78 is 0. The van der Waals surface area contributed by atoms with Gasteiger partial charge >= 0.3 is 0 Å². The summed E-state index contributed by atoms with van der Waals surface area (Å²) >= 11 is 0. The molecule has 0 bridgehead atoms. The number of hydrogen-bond acceptors (Lipinski definition) is 3. The molecule has 2 aliphatic rings. The van der Waals surface area contributed by atoms with Gasteiger partial charge in [-0.25, -0.2) is 0 Å². The molecule has 23 heavy (non-hydrogen) atoms. The average molecular weight is 313 g/mol. The summed E-state index contributed by atoms with van der Waals surface area (Å²) in [6, 6.07) is 8.54. The zero-order chi connectivity index (χ0) is 15.6. The summed E-state index contributed by atoms with van der Waals surface area (Å²) in [6.45, 7) is 7.11. The van der Waals surface area contributed by atoms with Gasteiger partial charge in [0.1, 0.15) is 0 Å². The smallest absolute Gasteiger partial charge is 0.0526 e. The van der Waals surface area contributed by atoms with E-state index in [4.69, 9.17) is 0 Å². The highest BCUT2D eigenvalue weighted by Crippen LogP contribution is 2.31. The van der Waals surface area contributed by atoms with E-state index in [-0.39, 0.29) is 12.5 Å². The van der Waals surface area contributed by atoms with Gasteiger partial charge in [-0.3, -0.25) is 0 Å². The van der Waals surface area contributed by atoms with Gasteiger partial charge in [-0.15, -0.1) is 0 Å². The van der Waals surface area contributed by atoms with Crippen molar-refractivity contribution < 1.29 is 5.11 Å². The number of fused-ring (bicyclic) bond motifs is 3. The van der Waals surface area contributed by atoms with E-state index in [2.05, 4.69) is 39.0 Å². The zero-order valence-electron chi connectivity index (χ0n) is 13.8. The molecule has 0 saturated carbocycles. The van der Waals surface area contributed by atoms with E-state index in [0.29, 0.717) is 0 Å². The second kappa shape index (κ2) is 6.63. The molecule has 4 heteroatoms. The van der Waals surface area contributed by atoms with E-state index in [9.17, 15) is 5.11 Å². The fourth-order valence-corrected chi connectivity index (χ4v) is 4.24. The number of aromatic amines is 1. The Morgan fingerprint density at radius 2 is 1.83 bits per heavy atom. The molecule has 1 aromatic carbocycles. The first-order chi connectivity index (χ1) is 11.3. The molecule has 4 nitrogen and oxygen atoms in total. The van der Waals surface area contributed by atoms with E-state index < -0.39 is 0 Å². The van der Waals surface area contributed by atoms with Crippen LogP contribution in [0, 0.1) is 0 Å². The molecule has 1 atom stereocenters. The fourth-order valence-electron chi connectivity index (χ4n) is 4.24. The Balaban J connectivity index is 1.51. The van der Waals surface area contributed by atoms with E-state index in [1.54, 1.807) is 0 Å². The number of hydrogen-bond donors (Lipinski definition) is 2. The van der Waals surface area contributed by atoms with Crippen LogP contribution in [0.25, 0.3) is 10.9 Å². The largest absolute Gasteiger partial charge is 0.396 e. The third-order valence-electron chi connectivity index (χ3n) is 5.56. The van der Waals surface area contributed by atoms with Crippen LogP contribution in [-0.2, 0) is 6.42 Å². The van der Waals surface area contributed by atoms with Gasteiger partial charge in [0.05, 0.1) is 6.61 Å². The monoisotopic (exact) mass is 313 g/mol. The third-order valence-corrected chi connectivity index (χ3v) is 5.56. The molecule has 1 fully saturated rings. The molecule has 0 spiro atoms. The van der Waals surface area contributed by atoms with Crippen LogP contribution >= 0.6 is 0 Å². The quantitative estimate of drug-likeness (QED) is 0.909. The average Bonchev–Trinajstić information content (AvgIpc) is 3.18. The van der Waals surface area contributed by atoms with Crippen LogP contribution in [0.2, 0.25) is 0 Å². The molecule has 2 aliphatic heterocycles. The summed E-state index contributed by atoms with van der Waals surface area (Å²) in [5.41, 5.74) is 3.89. The maximum atomic E-state index is 9.93. The summed E-state index contributed by atoms with van der Waals surface area (Å²) in [7, 11) is 0. The minimum Gasteiger partial charge on any atom is -0.396 e. The lowest BCUT2D eigenvalue weighted by molar-refractivity contribution is 0.188. The molecule has 4 rings (SSSR count). The van der Waals surface area contributed by atoms with Crippen molar-refractivity contribution in [2.75, 3.05) is 45.9 Å². The molecule has 3 heterocycles. The van der Waals surface area contributed by atoms with Crippen molar-refractivity contribution in [2.45, 2.75) is 25.2 Å². The van der Waals surface area contributed by atoms with Crippen LogP contribution in [0.5, 0.6) is 0 Å². The number of nitrogens with zero attached hydrogens (tertiary/aromatic N) is 2. The Bertz CT molecular complexity index is 660. The van der Waals surface area contributed by atoms with Crippen molar-refractivity contribution in [3.05, 3.63) is 35.5 Å². The number of aromatic nitrogens is 1. The van der Waals surface area contributed by atoms with E-state index in [1.165, 1.54) is 54.6 Å². The number of aliphatic hydroxyl groups excluding tert-OH is 1. The first-order valence-electron chi connectivity index (χ1n) is 9.00. The van der Waals surface area contributed by atoms with Crippen LogP contribution in [0.1, 0.15) is 30.0 Å². The van der Waals surface area contributed by atoms with Crippen molar-refractivity contribution in [1.82, 2.24) is 14.8 Å². The Labute approximate surface area is 138 Å². The second-order valence-corrected chi connectivity index (χ2v) is 7.04. The van der Waals surface area contributed by atoms with Crippen LogP contribution in [0.4, 0.5) is 0 Å². The lowest BCUT2D eigenvalue weighted by atomic mass is 10.0. The van der Waals surface area contributed by atoms with Gasteiger partial charge < -0.3 is 19.9 Å². The second-order valence-electron chi connectivity index (χ2n) is 7.04. The predicted molar refractivity (Wildman–Crippen MR) is 93.9 cm³/mol. The standard InChI is InChI=1S/C19H27N3O/c23-14-15-13-22(12-11-21-8-3-4-9-21)10-7-17-16-5-1-2-6-18(16)20-19(15)17/h1-2,5-6,15,20,23H,3-4,7-14H2. The molecule has 0 radical (unpaired) electrons. The summed E-state index contributed by atoms with van der Waals surface area (Å²) in [4.78, 5) is 8.70. The summed E-state index contributed by atoms with van der Waals surface area (Å²) in [5, 5.41) is 11.3. The van der Waals surface area contributed by atoms with Gasteiger partial charge in [-0.1, -0.05) is 18.2 Å². The molecule has 0 aliphatic carbocycles. The SMILES string of the molecule is OCC1CN(CCN2CCCC2)CCc2c1[nH]c1ccccc21. The van der Waals surface area contributed by atoms with Crippen molar-refractivity contribution >= 4 is 10.9 Å². The van der Waals surface area contributed by atoms with E-state index in [0.717, 1.165) is 26.1 Å². The van der Waals surface area contributed by atoms with E-state index in [1.807, 2.05) is 0 Å². The molecule has 1 aromatic heterocycles. The van der Waals surface area contributed by atoms with E-state index >= 15 is 0 Å². The summed E-state index contributed by atoms with van der Waals surface area (Å²) in [5.74, 6) is 0.207. The molecular formula is C19H27N3O. The van der Waals surface area contributed by atoms with Crippen LogP contribution in [0.15, 0.2) is 24.3 Å². The van der Waals surface area contributed by atoms with Crippen molar-refractivity contribution in [2.24, 2.45) is 0 Å². The number of aliphatic hydroxyl groups is 1. The third kappa shape index (κ3) is 3.03. The minimum atomic E-state index is 0.207. The maximum absolute atomic E-state index is 9.93. The number of rotatable bonds is 4. The highest BCUT2D eigenvalue weighted by atomic mass is 16.3. The Morgan fingerprint density at radius 1 is 1.04 bits per heavy atom. The van der Waals surface area contributed by atoms with Crippen molar-refractivity contribution in [3.8, 4) is 0 Å². The fraction of sp³-hybridized carbons (Fsp3) is 0.579. The Hall–Kier alpha value is -1.36. The van der Waals surface area contributed by atoms with Gasteiger partial charge in [0.15, 0.2) is 0 Å². The van der Waals surface area contributed by atoms with Crippen molar-refractivity contribution in [1.29, 1.82) is 0 Å². The van der Waals surface area contributed by atoms with Gasteiger partial charge in [-0.05, 0) is 44.0 Å². The first kappa shape index (κ1) is 15.2. The van der Waals surface area contributed by atoms with Gasteiger partial charge in [0, 0.05) is 48.7 Å². The van der Waals surface area contributed by atoms with Gasteiger partial charge in [0.25, 0.3) is 0 Å². The van der Waals surface area contributed by atoms with Crippen LogP contribution in [0.3, 0.4) is 0 Å². The number of para-hydroxylation sites is 1. The normalized spacial score (nSPS) is 23.3. The highest BCUT2D eigenvalue weighted by molar-refractivity contribution is 5.85. The number of H-pyrrole nitrogens is 1. The molecule has 2 N–H and O–H groups in total. The number of nitrogens with one attached hydrogen (secondary N) is 1. The summed E-state index contributed by atoms with van der Waals surface area (Å²) in [6.07, 6.45) is 3.79. The lowest BCUT2D eigenvalue weighted by Crippen LogP contribution is -2.36. The lowest BCUT2D eigenvalue weighted by Gasteiger charge is -2.26. The Morgan fingerprint density at radius 3 is 2.65 bits per heavy atom. The highest BCUT2D eigenvalue weighted by Gasteiger charge is 2.26. The van der Waals surface area contributed by atoms with Crippen molar-refractivity contribution in [3.63, 3.8) is 0 Å². The molecule has 0 amide bonds. The van der Waals surface area contributed by atoms with Gasteiger partial charge in [-0.2, -0.15) is 0 Å². The molecule has 124 valence electrons. The molecule has 2 aromatic rings. The van der Waals surface area contributed by atoms with Crippen LogP contribution in [-0.4, -0.2) is 65.8 Å². The number of benzene rings is 1. The van der Waals surface area contributed by atoms with Crippen LogP contribution < -0.4 is 0 Å². The zero-order valence-corrected chi connectivity index (χ0v) is 13.8. The predicted octanol–water partition coefficient (Wildman–Crippen LogP) is 2.20. The first-order valence-corrected chi connectivity index (χ1v) is 9.00. The maximum Gasteiger partial charge on any atom is 0.0526 e. The Kier molecular flexibility index (Phi) is 4.38. The number of likely N-dealkylation sites (tertiary alicyclic amines) is 1. The minimum absolute atomic E-state index is 0.207. The molecular weight excluding hydrogens is 286 g/mol. The van der Waals surface area contributed by atoms with Gasteiger partial charge in [0.2, 0.25) is 0 Å². The molecule has 1 saturated heterocycles. The topological polar surface area (TPSA) is 42.5 Å².